The number of rotatable bonds is 8. The van der Waals surface area contributed by atoms with Crippen LogP contribution >= 0.6 is 0 Å². The summed E-state index contributed by atoms with van der Waals surface area (Å²) in [6.45, 7) is 10.6. The topological polar surface area (TPSA) is 106 Å². The number of carbonyl (C=O) groups is 2. The summed E-state index contributed by atoms with van der Waals surface area (Å²) < 4.78 is 28.7. The van der Waals surface area contributed by atoms with E-state index in [1.165, 1.54) is 16.7 Å². The molecule has 1 saturated heterocycles. The molecule has 3 aromatic heterocycles. The molecule has 0 atom stereocenters. The van der Waals surface area contributed by atoms with Gasteiger partial charge in [0.1, 0.15) is 11.1 Å². The third-order valence-corrected chi connectivity index (χ3v) is 7.38. The minimum atomic E-state index is -0.547. The number of hydrogen-bond acceptors (Lipinski definition) is 7. The fourth-order valence-electron chi connectivity index (χ4n) is 5.43. The largest absolute Gasteiger partial charge is 0.444 e. The van der Waals surface area contributed by atoms with Gasteiger partial charge in [0, 0.05) is 74.7 Å². The normalized spacial score (nSPS) is 14.5. The molecule has 1 aliphatic heterocycles. The number of piperidine rings is 1. The fraction of sp³-hybridized carbons (Fsp3) is 0.467. The molecule has 42 heavy (non-hydrogen) atoms. The molecule has 1 aromatic carbocycles. The third kappa shape index (κ3) is 6.18. The lowest BCUT2D eigenvalue weighted by Crippen LogP contribution is -2.48. The molecule has 0 bridgehead atoms. The van der Waals surface area contributed by atoms with E-state index >= 15 is 0 Å². The highest BCUT2D eigenvalue weighted by atomic mass is 19.1. The van der Waals surface area contributed by atoms with Crippen LogP contribution in [0.3, 0.4) is 0 Å². The molecule has 4 heterocycles. The van der Waals surface area contributed by atoms with E-state index in [-0.39, 0.29) is 17.8 Å². The second-order valence-corrected chi connectivity index (χ2v) is 11.5. The van der Waals surface area contributed by atoms with Crippen LogP contribution in [0, 0.1) is 5.82 Å². The number of anilines is 2. The smallest absolute Gasteiger partial charge is 0.410 e. The van der Waals surface area contributed by atoms with Crippen molar-refractivity contribution in [2.24, 2.45) is 0 Å². The molecule has 0 unspecified atom stereocenters. The summed E-state index contributed by atoms with van der Waals surface area (Å²) in [5, 5.41) is 8.38. The van der Waals surface area contributed by atoms with Gasteiger partial charge in [-0.05, 0) is 52.7 Å². The predicted octanol–water partition coefficient (Wildman–Crippen LogP) is 4.95. The van der Waals surface area contributed by atoms with Crippen LogP contribution in [0.25, 0.3) is 16.6 Å². The van der Waals surface area contributed by atoms with Crippen LogP contribution in [-0.2, 0) is 16.0 Å². The van der Waals surface area contributed by atoms with Crippen molar-refractivity contribution >= 4 is 39.9 Å². The molecule has 0 spiro atoms. The first-order chi connectivity index (χ1) is 20.1. The van der Waals surface area contributed by atoms with E-state index in [4.69, 9.17) is 14.6 Å². The van der Waals surface area contributed by atoms with Gasteiger partial charge in [-0.2, -0.15) is 5.10 Å². The van der Waals surface area contributed by atoms with Crippen LogP contribution < -0.4 is 10.2 Å². The van der Waals surface area contributed by atoms with Crippen molar-refractivity contribution in [3.63, 3.8) is 0 Å². The van der Waals surface area contributed by atoms with E-state index in [1.54, 1.807) is 30.3 Å². The number of ether oxygens (including phenoxy) is 2. The molecule has 4 aromatic rings. The Hall–Kier alpha value is -4.19. The van der Waals surface area contributed by atoms with Gasteiger partial charge >= 0.3 is 6.09 Å². The molecule has 224 valence electrons. The summed E-state index contributed by atoms with van der Waals surface area (Å²) in [6, 6.07) is 5.03. The van der Waals surface area contributed by atoms with Gasteiger partial charge in [-0.1, -0.05) is 0 Å². The van der Waals surface area contributed by atoms with Crippen molar-refractivity contribution in [3.8, 4) is 0 Å². The Balaban J connectivity index is 1.38. The van der Waals surface area contributed by atoms with Gasteiger partial charge < -0.3 is 29.0 Å². The Labute approximate surface area is 244 Å². The minimum absolute atomic E-state index is 0.0827. The van der Waals surface area contributed by atoms with Gasteiger partial charge in [-0.15, -0.1) is 0 Å². The highest BCUT2D eigenvalue weighted by Crippen LogP contribution is 2.32. The van der Waals surface area contributed by atoms with E-state index in [2.05, 4.69) is 15.2 Å². The van der Waals surface area contributed by atoms with Crippen molar-refractivity contribution < 1.29 is 23.5 Å². The van der Waals surface area contributed by atoms with E-state index in [9.17, 15) is 14.0 Å². The Morgan fingerprint density at radius 3 is 2.64 bits per heavy atom. The quantitative estimate of drug-likeness (QED) is 0.315. The van der Waals surface area contributed by atoms with E-state index in [0.29, 0.717) is 36.5 Å². The van der Waals surface area contributed by atoms with Gasteiger partial charge in [0.15, 0.2) is 11.5 Å². The van der Waals surface area contributed by atoms with Crippen LogP contribution in [0.1, 0.15) is 50.9 Å². The summed E-state index contributed by atoms with van der Waals surface area (Å²) in [4.78, 5) is 34.3. The van der Waals surface area contributed by atoms with E-state index in [1.807, 2.05) is 44.9 Å². The van der Waals surface area contributed by atoms with Gasteiger partial charge in [0.05, 0.1) is 24.4 Å². The average Bonchev–Trinajstić information content (AvgIpc) is 3.59. The Morgan fingerprint density at radius 1 is 1.19 bits per heavy atom. The van der Waals surface area contributed by atoms with Crippen molar-refractivity contribution in [1.29, 1.82) is 0 Å². The number of benzene rings is 1. The van der Waals surface area contributed by atoms with Crippen molar-refractivity contribution in [1.82, 2.24) is 24.1 Å². The standard InChI is InChI=1S/C30H38FN7O4/c1-6-38(29(40)42-30(2,3)4)21-9-12-35(13-10-21)25-8-7-22(26-23(25)19-37(34-26)15-16-41-5)28(39)33-20-17-24(31)27-32-11-14-36(27)18-20/h7-8,11,14,17-19,21H,6,9-10,12-13,15-16H2,1-5H3,(H,33,39). The lowest BCUT2D eigenvalue weighted by molar-refractivity contribution is 0.0149. The summed E-state index contributed by atoms with van der Waals surface area (Å²) in [6.07, 6.45) is 7.96. The molecule has 0 saturated carbocycles. The van der Waals surface area contributed by atoms with Gasteiger partial charge in [0.25, 0.3) is 5.91 Å². The molecular formula is C30H38FN7O4. The lowest BCUT2D eigenvalue weighted by atomic mass is 10.0. The lowest BCUT2D eigenvalue weighted by Gasteiger charge is -2.39. The molecular weight excluding hydrogens is 541 g/mol. The van der Waals surface area contributed by atoms with Crippen LogP contribution in [-0.4, -0.2) is 81.1 Å². The Kier molecular flexibility index (Phi) is 8.35. The average molecular weight is 580 g/mol. The first-order valence-corrected chi connectivity index (χ1v) is 14.2. The molecule has 1 fully saturated rings. The van der Waals surface area contributed by atoms with Crippen molar-refractivity contribution in [2.75, 3.05) is 43.6 Å². The number of fused-ring (bicyclic) bond motifs is 2. The Morgan fingerprint density at radius 2 is 1.95 bits per heavy atom. The van der Waals surface area contributed by atoms with Gasteiger partial charge in [-0.25, -0.2) is 14.2 Å². The molecule has 1 N–H and O–H groups in total. The van der Waals surface area contributed by atoms with Crippen LogP contribution in [0.4, 0.5) is 20.6 Å². The first kappa shape index (κ1) is 29.3. The summed E-state index contributed by atoms with van der Waals surface area (Å²) in [7, 11) is 1.63. The Bertz CT molecular complexity index is 1580. The maximum Gasteiger partial charge on any atom is 0.410 e. The number of nitrogens with one attached hydrogen (secondary N) is 1. The number of hydrogen-bond donors (Lipinski definition) is 1. The summed E-state index contributed by atoms with van der Waals surface area (Å²) in [5.41, 5.74) is 1.85. The number of halogens is 1. The molecule has 0 aliphatic carbocycles. The zero-order valence-corrected chi connectivity index (χ0v) is 24.8. The molecule has 5 rings (SSSR count). The summed E-state index contributed by atoms with van der Waals surface area (Å²) >= 11 is 0. The SMILES string of the molecule is CCN(C(=O)OC(C)(C)C)C1CCN(c2ccc(C(=O)Nc3cc(F)c4nccn4c3)c3nn(CCOC)cc23)CC1. The highest BCUT2D eigenvalue weighted by Gasteiger charge is 2.31. The maximum absolute atomic E-state index is 14.5. The maximum atomic E-state index is 14.5. The number of methoxy groups -OCH3 is 1. The molecule has 0 radical (unpaired) electrons. The van der Waals surface area contributed by atoms with Crippen LogP contribution in [0.2, 0.25) is 0 Å². The zero-order valence-electron chi connectivity index (χ0n) is 24.8. The number of amides is 2. The van der Waals surface area contributed by atoms with E-state index in [0.717, 1.165) is 37.0 Å². The monoisotopic (exact) mass is 579 g/mol. The summed E-state index contributed by atoms with van der Waals surface area (Å²) in [5.74, 6) is -0.920. The number of imidazole rings is 1. The number of pyridine rings is 1. The predicted molar refractivity (Wildman–Crippen MR) is 159 cm³/mol. The van der Waals surface area contributed by atoms with Crippen LogP contribution in [0.5, 0.6) is 0 Å². The molecule has 11 nitrogen and oxygen atoms in total. The number of nitrogens with zero attached hydrogens (tertiary/aromatic N) is 6. The molecule has 1 aliphatic rings. The number of aromatic nitrogens is 4. The van der Waals surface area contributed by atoms with Crippen molar-refractivity contribution in [3.05, 3.63) is 54.4 Å². The minimum Gasteiger partial charge on any atom is -0.444 e. The highest BCUT2D eigenvalue weighted by molar-refractivity contribution is 6.13. The van der Waals surface area contributed by atoms with Crippen LogP contribution in [0.15, 0.2) is 43.0 Å². The second-order valence-electron chi connectivity index (χ2n) is 11.5. The van der Waals surface area contributed by atoms with Crippen molar-refractivity contribution in [2.45, 2.75) is 58.7 Å². The second kappa shape index (κ2) is 12.0. The zero-order chi connectivity index (χ0) is 30.0. The first-order valence-electron chi connectivity index (χ1n) is 14.2. The van der Waals surface area contributed by atoms with Gasteiger partial charge in [0.2, 0.25) is 0 Å². The van der Waals surface area contributed by atoms with Gasteiger partial charge in [-0.3, -0.25) is 9.48 Å². The fourth-order valence-corrected chi connectivity index (χ4v) is 5.43. The molecule has 12 heteroatoms. The molecule has 2 amide bonds. The third-order valence-electron chi connectivity index (χ3n) is 7.38. The number of carbonyl (C=O) groups excluding carboxylic acids is 2. The van der Waals surface area contributed by atoms with E-state index < -0.39 is 17.3 Å².